The van der Waals surface area contributed by atoms with Gasteiger partial charge in [-0.3, -0.25) is 14.8 Å². The number of benzene rings is 1. The van der Waals surface area contributed by atoms with Gasteiger partial charge in [-0.2, -0.15) is 0 Å². The molecule has 0 amide bonds. The highest BCUT2D eigenvalue weighted by molar-refractivity contribution is 14.0. The minimum absolute atomic E-state index is 0. The number of nitrogens with one attached hydrogen (secondary N) is 2. The van der Waals surface area contributed by atoms with Crippen LogP contribution in [0.4, 0.5) is 0 Å². The third-order valence-corrected chi connectivity index (χ3v) is 5.86. The predicted molar refractivity (Wildman–Crippen MR) is 130 cm³/mol. The van der Waals surface area contributed by atoms with Crippen LogP contribution in [-0.2, 0) is 13.0 Å². The number of hydrogen-bond donors (Lipinski definition) is 2. The summed E-state index contributed by atoms with van der Waals surface area (Å²) in [7, 11) is 0. The lowest BCUT2D eigenvalue weighted by Gasteiger charge is -2.28. The van der Waals surface area contributed by atoms with Gasteiger partial charge < -0.3 is 10.6 Å². The second-order valence-corrected chi connectivity index (χ2v) is 7.72. The van der Waals surface area contributed by atoms with E-state index in [1.807, 2.05) is 0 Å². The van der Waals surface area contributed by atoms with Crippen molar-refractivity contribution in [1.29, 1.82) is 0 Å². The molecule has 2 aliphatic heterocycles. The largest absolute Gasteiger partial charge is 0.357 e. The van der Waals surface area contributed by atoms with Crippen molar-refractivity contribution < 1.29 is 0 Å². The van der Waals surface area contributed by atoms with Crippen LogP contribution in [0, 0.1) is 0 Å². The lowest BCUT2D eigenvalue weighted by molar-refractivity contribution is 0.251. The summed E-state index contributed by atoms with van der Waals surface area (Å²) < 4.78 is 0. The van der Waals surface area contributed by atoms with E-state index in [1.54, 1.807) is 0 Å². The van der Waals surface area contributed by atoms with Gasteiger partial charge in [0.25, 0.3) is 0 Å². The van der Waals surface area contributed by atoms with Crippen molar-refractivity contribution in [3.63, 3.8) is 0 Å². The van der Waals surface area contributed by atoms with E-state index >= 15 is 0 Å². The van der Waals surface area contributed by atoms with E-state index in [0.717, 1.165) is 51.6 Å². The summed E-state index contributed by atoms with van der Waals surface area (Å²) in [4.78, 5) is 9.98. The Morgan fingerprint density at radius 3 is 2.75 bits per heavy atom. The molecule has 1 aromatic carbocycles. The van der Waals surface area contributed by atoms with Crippen LogP contribution in [-0.4, -0.2) is 67.6 Å². The van der Waals surface area contributed by atoms with Gasteiger partial charge in [0.05, 0.1) is 6.54 Å². The Labute approximate surface area is 188 Å². The topological polar surface area (TPSA) is 42.9 Å². The Balaban J connectivity index is 0.00000280. The maximum Gasteiger partial charge on any atom is 0.191 e. The molecule has 158 valence electrons. The zero-order valence-electron chi connectivity index (χ0n) is 17.6. The second-order valence-electron chi connectivity index (χ2n) is 7.72. The molecular weight excluding hydrogens is 461 g/mol. The van der Waals surface area contributed by atoms with Crippen molar-refractivity contribution in [1.82, 2.24) is 20.4 Å². The summed E-state index contributed by atoms with van der Waals surface area (Å²) in [6, 6.07) is 9.49. The molecular formula is C22H38IN5. The fourth-order valence-corrected chi connectivity index (χ4v) is 4.31. The highest BCUT2D eigenvalue weighted by Gasteiger charge is 2.22. The zero-order chi connectivity index (χ0) is 18.9. The third kappa shape index (κ3) is 6.88. The molecule has 1 saturated heterocycles. The fraction of sp³-hybridized carbons (Fsp3) is 0.682. The summed E-state index contributed by atoms with van der Waals surface area (Å²) in [5, 5.41) is 6.93. The quantitative estimate of drug-likeness (QED) is 0.250. The lowest BCUT2D eigenvalue weighted by Crippen LogP contribution is -2.40. The van der Waals surface area contributed by atoms with Gasteiger partial charge in [0.15, 0.2) is 5.96 Å². The summed E-state index contributed by atoms with van der Waals surface area (Å²) in [6.45, 7) is 13.0. The minimum Gasteiger partial charge on any atom is -0.357 e. The molecule has 0 radical (unpaired) electrons. The van der Waals surface area contributed by atoms with Crippen molar-refractivity contribution in [2.45, 2.75) is 52.1 Å². The van der Waals surface area contributed by atoms with Gasteiger partial charge in [-0.05, 0) is 56.8 Å². The van der Waals surface area contributed by atoms with Crippen LogP contribution in [0.3, 0.4) is 0 Å². The number of nitrogens with zero attached hydrogens (tertiary/aromatic N) is 3. The van der Waals surface area contributed by atoms with Crippen molar-refractivity contribution in [2.75, 3.05) is 45.8 Å². The number of likely N-dealkylation sites (N-methyl/N-ethyl adjacent to an activating group) is 1. The van der Waals surface area contributed by atoms with Crippen LogP contribution in [0.1, 0.15) is 44.2 Å². The van der Waals surface area contributed by atoms with E-state index in [9.17, 15) is 0 Å². The van der Waals surface area contributed by atoms with Crippen LogP contribution >= 0.6 is 24.0 Å². The van der Waals surface area contributed by atoms with E-state index < -0.39 is 0 Å². The van der Waals surface area contributed by atoms with E-state index in [0.29, 0.717) is 6.04 Å². The number of hydrogen-bond acceptors (Lipinski definition) is 3. The molecule has 0 bridgehead atoms. The van der Waals surface area contributed by atoms with Crippen LogP contribution in [0.15, 0.2) is 29.3 Å². The Hall–Kier alpha value is -0.860. The summed E-state index contributed by atoms with van der Waals surface area (Å²) in [5.74, 6) is 0.976. The normalized spacial score (nSPS) is 20.5. The first-order valence-electron chi connectivity index (χ1n) is 10.9. The third-order valence-electron chi connectivity index (χ3n) is 5.86. The first-order valence-corrected chi connectivity index (χ1v) is 10.9. The first-order chi connectivity index (χ1) is 13.3. The number of halogens is 1. The van der Waals surface area contributed by atoms with Crippen molar-refractivity contribution in [3.8, 4) is 0 Å². The smallest absolute Gasteiger partial charge is 0.191 e. The standard InChI is InChI=1S/C22H37N5.HI/c1-3-23-22(25-17-21-11-7-15-27(21)4-2)24-13-8-14-26-16-12-19-9-5-6-10-20(19)18-26;/h5-6,9-10,21H,3-4,7-8,11-18H2,1-2H3,(H2,23,24,25);1H. The SMILES string of the molecule is CCNC(=NCC1CCCN1CC)NCCCN1CCc2ccccc2C1.I. The van der Waals surface area contributed by atoms with Crippen LogP contribution < -0.4 is 10.6 Å². The molecule has 2 N–H and O–H groups in total. The molecule has 3 rings (SSSR count). The molecule has 2 heterocycles. The number of aliphatic imine (C=N–C) groups is 1. The number of rotatable bonds is 8. The van der Waals surface area contributed by atoms with Gasteiger partial charge in [0.2, 0.25) is 0 Å². The molecule has 0 aromatic heterocycles. The average molecular weight is 499 g/mol. The maximum atomic E-state index is 4.85. The van der Waals surface area contributed by atoms with E-state index in [4.69, 9.17) is 4.99 Å². The maximum absolute atomic E-state index is 4.85. The highest BCUT2D eigenvalue weighted by Crippen LogP contribution is 2.18. The molecule has 2 aliphatic rings. The molecule has 0 aliphatic carbocycles. The van der Waals surface area contributed by atoms with Gasteiger partial charge >= 0.3 is 0 Å². The Kier molecular flexibility index (Phi) is 10.6. The monoisotopic (exact) mass is 499 g/mol. The molecule has 1 aromatic rings. The Morgan fingerprint density at radius 2 is 1.96 bits per heavy atom. The molecule has 0 spiro atoms. The van der Waals surface area contributed by atoms with Crippen molar-refractivity contribution in [3.05, 3.63) is 35.4 Å². The van der Waals surface area contributed by atoms with Crippen LogP contribution in [0.5, 0.6) is 0 Å². The molecule has 1 unspecified atom stereocenters. The minimum atomic E-state index is 0. The van der Waals surface area contributed by atoms with Crippen LogP contribution in [0.2, 0.25) is 0 Å². The van der Waals surface area contributed by atoms with Gasteiger partial charge in [0, 0.05) is 38.8 Å². The van der Waals surface area contributed by atoms with Crippen molar-refractivity contribution >= 4 is 29.9 Å². The lowest BCUT2D eigenvalue weighted by atomic mass is 10.00. The molecule has 28 heavy (non-hydrogen) atoms. The van der Waals surface area contributed by atoms with Gasteiger partial charge in [-0.1, -0.05) is 31.2 Å². The number of guanidine groups is 1. The van der Waals surface area contributed by atoms with Gasteiger partial charge in [-0.25, -0.2) is 0 Å². The first kappa shape index (κ1) is 23.4. The second kappa shape index (κ2) is 12.6. The van der Waals surface area contributed by atoms with Crippen molar-refractivity contribution in [2.24, 2.45) is 4.99 Å². The van der Waals surface area contributed by atoms with E-state index in [-0.39, 0.29) is 24.0 Å². The van der Waals surface area contributed by atoms with Gasteiger partial charge in [-0.15, -0.1) is 24.0 Å². The molecule has 5 nitrogen and oxygen atoms in total. The number of likely N-dealkylation sites (tertiary alicyclic amines) is 1. The molecule has 0 saturated carbocycles. The van der Waals surface area contributed by atoms with Crippen LogP contribution in [0.25, 0.3) is 0 Å². The molecule has 6 heteroatoms. The average Bonchev–Trinajstić information content (AvgIpc) is 3.16. The zero-order valence-corrected chi connectivity index (χ0v) is 20.0. The highest BCUT2D eigenvalue weighted by atomic mass is 127. The molecule has 1 atom stereocenters. The van der Waals surface area contributed by atoms with E-state index in [2.05, 4.69) is 58.5 Å². The Morgan fingerprint density at radius 1 is 1.14 bits per heavy atom. The van der Waals surface area contributed by atoms with Gasteiger partial charge in [0.1, 0.15) is 0 Å². The Bertz CT molecular complexity index is 606. The van der Waals surface area contributed by atoms with E-state index in [1.165, 1.54) is 43.5 Å². The summed E-state index contributed by atoms with van der Waals surface area (Å²) in [6.07, 6.45) is 4.93. The summed E-state index contributed by atoms with van der Waals surface area (Å²) in [5.41, 5.74) is 3.03. The number of fused-ring (bicyclic) bond motifs is 1. The fourth-order valence-electron chi connectivity index (χ4n) is 4.31. The summed E-state index contributed by atoms with van der Waals surface area (Å²) >= 11 is 0. The molecule has 1 fully saturated rings. The predicted octanol–water partition coefficient (Wildman–Crippen LogP) is 3.09.